The molecule has 0 aliphatic rings. The molecule has 0 spiro atoms. The average Bonchev–Trinajstić information content (AvgIpc) is 3.24. The lowest BCUT2D eigenvalue weighted by molar-refractivity contribution is -0.385. The number of para-hydroxylation sites is 2. The van der Waals surface area contributed by atoms with Gasteiger partial charge in [-0.25, -0.2) is 0 Å². The van der Waals surface area contributed by atoms with E-state index in [1.807, 2.05) is 43.4 Å². The van der Waals surface area contributed by atoms with E-state index in [0.717, 1.165) is 27.7 Å². The largest absolute Gasteiger partial charge is 0.378 e. The molecule has 33 heavy (non-hydrogen) atoms. The van der Waals surface area contributed by atoms with Crippen molar-refractivity contribution in [1.29, 1.82) is 0 Å². The van der Waals surface area contributed by atoms with Crippen molar-refractivity contribution in [3.05, 3.63) is 106 Å². The Balaban J connectivity index is 1.59. The second-order valence-corrected chi connectivity index (χ2v) is 8.19. The average molecular weight is 443 g/mol. The molecule has 0 aliphatic heterocycles. The molecular formula is C26H26N4O3. The van der Waals surface area contributed by atoms with Gasteiger partial charge in [-0.1, -0.05) is 48.5 Å². The van der Waals surface area contributed by atoms with Crippen LogP contribution in [0.3, 0.4) is 0 Å². The number of nitrogens with zero attached hydrogens (tertiary/aromatic N) is 2. The lowest BCUT2D eigenvalue weighted by Gasteiger charge is -2.20. The number of carbonyl (C=O) groups is 1. The monoisotopic (exact) mass is 442 g/mol. The number of carbonyl (C=O) groups excluding carboxylic acids is 1. The van der Waals surface area contributed by atoms with Crippen molar-refractivity contribution in [1.82, 2.24) is 10.3 Å². The van der Waals surface area contributed by atoms with Crippen molar-refractivity contribution in [3.63, 3.8) is 0 Å². The highest BCUT2D eigenvalue weighted by molar-refractivity contribution is 5.84. The molecule has 2 N–H and O–H groups in total. The molecule has 1 amide bonds. The summed E-state index contributed by atoms with van der Waals surface area (Å²) >= 11 is 0. The fourth-order valence-corrected chi connectivity index (χ4v) is 4.08. The zero-order valence-electron chi connectivity index (χ0n) is 18.6. The molecule has 7 heteroatoms. The topological polar surface area (TPSA) is 91.3 Å². The van der Waals surface area contributed by atoms with Crippen LogP contribution in [0.4, 0.5) is 11.4 Å². The van der Waals surface area contributed by atoms with Crippen molar-refractivity contribution in [2.45, 2.75) is 12.3 Å². The van der Waals surface area contributed by atoms with Crippen LogP contribution >= 0.6 is 0 Å². The Hall–Kier alpha value is -4.13. The fraction of sp³-hybridized carbons (Fsp3) is 0.192. The Morgan fingerprint density at radius 1 is 1.03 bits per heavy atom. The first-order valence-corrected chi connectivity index (χ1v) is 10.8. The van der Waals surface area contributed by atoms with Crippen LogP contribution in [0.25, 0.3) is 10.9 Å². The first-order chi connectivity index (χ1) is 15.9. The minimum Gasteiger partial charge on any atom is -0.378 e. The van der Waals surface area contributed by atoms with Crippen molar-refractivity contribution in [2.75, 3.05) is 25.5 Å². The van der Waals surface area contributed by atoms with Crippen LogP contribution in [0.1, 0.15) is 22.6 Å². The van der Waals surface area contributed by atoms with E-state index in [1.165, 1.54) is 6.07 Å². The summed E-state index contributed by atoms with van der Waals surface area (Å²) in [6.45, 7) is 0.378. The van der Waals surface area contributed by atoms with E-state index in [0.29, 0.717) is 12.1 Å². The molecule has 3 aromatic carbocycles. The number of fused-ring (bicyclic) bond motifs is 1. The number of rotatable bonds is 8. The first-order valence-electron chi connectivity index (χ1n) is 10.8. The van der Waals surface area contributed by atoms with E-state index in [4.69, 9.17) is 0 Å². The summed E-state index contributed by atoms with van der Waals surface area (Å²) in [6, 6.07) is 22.7. The summed E-state index contributed by atoms with van der Waals surface area (Å²) in [7, 11) is 3.99. The smallest absolute Gasteiger partial charge is 0.273 e. The van der Waals surface area contributed by atoms with Crippen LogP contribution in [0.5, 0.6) is 0 Å². The van der Waals surface area contributed by atoms with Crippen LogP contribution < -0.4 is 10.2 Å². The van der Waals surface area contributed by atoms with Gasteiger partial charge in [0.25, 0.3) is 5.69 Å². The van der Waals surface area contributed by atoms with Crippen molar-refractivity contribution < 1.29 is 9.72 Å². The summed E-state index contributed by atoms with van der Waals surface area (Å²) < 4.78 is 0. The molecule has 0 fully saturated rings. The van der Waals surface area contributed by atoms with E-state index in [9.17, 15) is 14.9 Å². The van der Waals surface area contributed by atoms with Crippen LogP contribution in [0, 0.1) is 10.1 Å². The van der Waals surface area contributed by atoms with Gasteiger partial charge in [-0.15, -0.1) is 0 Å². The maximum Gasteiger partial charge on any atom is 0.273 e. The number of aromatic nitrogens is 1. The lowest BCUT2D eigenvalue weighted by atomic mass is 9.90. The van der Waals surface area contributed by atoms with Crippen LogP contribution in [-0.4, -0.2) is 36.5 Å². The number of nitro benzene ring substituents is 1. The molecular weight excluding hydrogens is 416 g/mol. The molecule has 4 aromatic rings. The van der Waals surface area contributed by atoms with Crippen LogP contribution in [0.15, 0.2) is 79.0 Å². The maximum absolute atomic E-state index is 12.8. The van der Waals surface area contributed by atoms with E-state index < -0.39 is 4.92 Å². The molecule has 4 rings (SSSR count). The van der Waals surface area contributed by atoms with Gasteiger partial charge in [0.05, 0.1) is 11.3 Å². The zero-order chi connectivity index (χ0) is 23.4. The summed E-state index contributed by atoms with van der Waals surface area (Å²) in [5.74, 6) is -0.328. The molecule has 168 valence electrons. The minimum absolute atomic E-state index is 0.0416. The normalized spacial score (nSPS) is 11.8. The number of anilines is 1. The highest BCUT2D eigenvalue weighted by Crippen LogP contribution is 2.31. The van der Waals surface area contributed by atoms with Gasteiger partial charge in [-0.2, -0.15) is 0 Å². The van der Waals surface area contributed by atoms with Crippen molar-refractivity contribution >= 4 is 28.2 Å². The molecule has 0 aliphatic carbocycles. The zero-order valence-corrected chi connectivity index (χ0v) is 18.6. The highest BCUT2D eigenvalue weighted by Gasteiger charge is 2.21. The van der Waals surface area contributed by atoms with Gasteiger partial charge in [0.15, 0.2) is 0 Å². The van der Waals surface area contributed by atoms with E-state index >= 15 is 0 Å². The molecule has 1 atom stereocenters. The fourth-order valence-electron chi connectivity index (χ4n) is 4.08. The second kappa shape index (κ2) is 9.56. The molecule has 0 saturated carbocycles. The standard InChI is InChI=1S/C26H26N4O3/c1-29(2)20-13-11-18(12-14-20)22(23-17-27-24-9-5-4-8-21(23)24)16-28-26(31)15-19-7-3-6-10-25(19)30(32)33/h3-14,17,22,27H,15-16H2,1-2H3,(H,28,31). The molecule has 0 radical (unpaired) electrons. The summed E-state index contributed by atoms with van der Waals surface area (Å²) in [5.41, 5.74) is 4.66. The Kier molecular flexibility index (Phi) is 6.40. The maximum atomic E-state index is 12.8. The molecule has 7 nitrogen and oxygen atoms in total. The van der Waals surface area contributed by atoms with Crippen molar-refractivity contribution in [3.8, 4) is 0 Å². The summed E-state index contributed by atoms with van der Waals surface area (Å²) in [6.07, 6.45) is 1.95. The Bertz CT molecular complexity index is 1280. The highest BCUT2D eigenvalue weighted by atomic mass is 16.6. The number of hydrogen-bond donors (Lipinski definition) is 2. The number of benzene rings is 3. The third-order valence-electron chi connectivity index (χ3n) is 5.85. The molecule has 1 aromatic heterocycles. The molecule has 1 unspecified atom stereocenters. The number of hydrogen-bond acceptors (Lipinski definition) is 4. The van der Waals surface area contributed by atoms with Gasteiger partial charge in [0.1, 0.15) is 0 Å². The Labute approximate surface area is 192 Å². The number of nitro groups is 1. The van der Waals surface area contributed by atoms with Crippen LogP contribution in [-0.2, 0) is 11.2 Å². The number of nitrogens with one attached hydrogen (secondary N) is 2. The SMILES string of the molecule is CN(C)c1ccc(C(CNC(=O)Cc2ccccc2[N+](=O)[O-])c2c[nH]c3ccccc23)cc1. The molecule has 1 heterocycles. The van der Waals surface area contributed by atoms with Gasteiger partial charge in [-0.05, 0) is 29.3 Å². The summed E-state index contributed by atoms with van der Waals surface area (Å²) in [5, 5.41) is 15.4. The van der Waals surface area contributed by atoms with Crippen molar-refractivity contribution in [2.24, 2.45) is 0 Å². The first kappa shape index (κ1) is 22.1. The van der Waals surface area contributed by atoms with Gasteiger partial charge in [0.2, 0.25) is 5.91 Å². The third kappa shape index (κ3) is 4.87. The van der Waals surface area contributed by atoms with E-state index in [2.05, 4.69) is 40.6 Å². The van der Waals surface area contributed by atoms with Gasteiger partial charge in [-0.3, -0.25) is 14.9 Å². The molecule has 0 saturated heterocycles. The molecule has 0 bridgehead atoms. The summed E-state index contributed by atoms with van der Waals surface area (Å²) in [4.78, 5) is 28.9. The lowest BCUT2D eigenvalue weighted by Crippen LogP contribution is -2.30. The Morgan fingerprint density at radius 3 is 2.45 bits per heavy atom. The van der Waals surface area contributed by atoms with Gasteiger partial charge < -0.3 is 15.2 Å². The van der Waals surface area contributed by atoms with Gasteiger partial charge >= 0.3 is 0 Å². The number of amides is 1. The van der Waals surface area contributed by atoms with E-state index in [-0.39, 0.29) is 23.9 Å². The van der Waals surface area contributed by atoms with Gasteiger partial charge in [0, 0.05) is 61.0 Å². The van der Waals surface area contributed by atoms with E-state index in [1.54, 1.807) is 18.2 Å². The quantitative estimate of drug-likeness (QED) is 0.307. The van der Waals surface area contributed by atoms with Crippen LogP contribution in [0.2, 0.25) is 0 Å². The minimum atomic E-state index is -0.455. The predicted molar refractivity (Wildman–Crippen MR) is 131 cm³/mol. The second-order valence-electron chi connectivity index (χ2n) is 8.19. The number of H-pyrrole nitrogens is 1. The third-order valence-corrected chi connectivity index (χ3v) is 5.85. The predicted octanol–water partition coefficient (Wildman–Crippen LogP) is 4.63. The number of aromatic amines is 1. The Morgan fingerprint density at radius 2 is 1.73 bits per heavy atom.